The second-order valence-electron chi connectivity index (χ2n) is 4.76. The van der Waals surface area contributed by atoms with Gasteiger partial charge in [0.1, 0.15) is 17.7 Å². The van der Waals surface area contributed by atoms with E-state index in [1.54, 1.807) is 42.4 Å². The van der Waals surface area contributed by atoms with E-state index in [-0.39, 0.29) is 12.5 Å². The van der Waals surface area contributed by atoms with Crippen molar-refractivity contribution in [1.29, 1.82) is 0 Å². The Hall–Kier alpha value is -3.55. The zero-order valence-electron chi connectivity index (χ0n) is 13.7. The number of aliphatic carboxylic acids is 1. The van der Waals surface area contributed by atoms with Gasteiger partial charge in [-0.15, -0.1) is 10.2 Å². The van der Waals surface area contributed by atoms with Crippen LogP contribution in [0, 0.1) is 0 Å². The number of carbonyl (C=O) groups is 2. The number of halogens is 3. The molecule has 14 heteroatoms. The predicted molar refractivity (Wildman–Crippen MR) is 85.1 cm³/mol. The minimum absolute atomic E-state index is 0.0928. The van der Waals surface area contributed by atoms with E-state index in [2.05, 4.69) is 30.6 Å². The van der Waals surface area contributed by atoms with Crippen LogP contribution in [0.2, 0.25) is 0 Å². The molecule has 28 heavy (non-hydrogen) atoms. The maximum Gasteiger partial charge on any atom is 0.430 e. The quantitative estimate of drug-likeness (QED) is 0.571. The number of carbonyl (C=O) groups excluding carboxylic acids is 2. The van der Waals surface area contributed by atoms with Gasteiger partial charge in [0.25, 0.3) is 12.5 Å². The van der Waals surface area contributed by atoms with Crippen molar-refractivity contribution in [3.05, 3.63) is 42.4 Å². The molecule has 0 aliphatic carbocycles. The molecule has 3 aromatic heterocycles. The van der Waals surface area contributed by atoms with E-state index in [9.17, 15) is 18.0 Å². The van der Waals surface area contributed by atoms with Gasteiger partial charge in [-0.3, -0.25) is 10.1 Å². The molecular formula is C14H10F3N7O3S. The molecule has 0 radical (unpaired) electrons. The number of amides is 1. The van der Waals surface area contributed by atoms with Gasteiger partial charge in [-0.05, 0) is 11.2 Å². The van der Waals surface area contributed by atoms with Crippen molar-refractivity contribution in [3.8, 4) is 11.4 Å². The lowest BCUT2D eigenvalue weighted by Gasteiger charge is -2.03. The topological polar surface area (TPSA) is 138 Å². The van der Waals surface area contributed by atoms with Gasteiger partial charge < -0.3 is 9.90 Å². The summed E-state index contributed by atoms with van der Waals surface area (Å²) in [5.74, 6) is -2.63. The molecule has 3 heterocycles. The number of hydrogen-bond donors (Lipinski definition) is 1. The molecule has 0 saturated carbocycles. The Kier molecular flexibility index (Phi) is 6.97. The number of rotatable bonds is 4. The van der Waals surface area contributed by atoms with Crippen LogP contribution < -0.4 is 15.1 Å². The molecule has 0 saturated heterocycles. The van der Waals surface area contributed by atoms with Crippen LogP contribution in [-0.2, 0) is 16.1 Å². The lowest BCUT2D eigenvalue weighted by Crippen LogP contribution is -2.43. The molecule has 0 aliphatic rings. The van der Waals surface area contributed by atoms with Crippen molar-refractivity contribution in [1.82, 2.24) is 25.3 Å². The summed E-state index contributed by atoms with van der Waals surface area (Å²) < 4.78 is 33.1. The summed E-state index contributed by atoms with van der Waals surface area (Å²) in [5, 5.41) is 23.4. The van der Waals surface area contributed by atoms with Crippen molar-refractivity contribution >= 4 is 28.3 Å². The highest BCUT2D eigenvalue weighted by molar-refractivity contribution is 7.13. The highest BCUT2D eigenvalue weighted by atomic mass is 32.1. The summed E-state index contributed by atoms with van der Waals surface area (Å²) in [6.07, 6.45) is 1.46. The van der Waals surface area contributed by atoms with Gasteiger partial charge in [0.15, 0.2) is 12.0 Å². The molecule has 3 rings (SSSR count). The number of hydrogen-bond acceptors (Lipinski definition) is 9. The Morgan fingerprint density at radius 2 is 1.93 bits per heavy atom. The molecule has 3 aromatic rings. The first-order chi connectivity index (χ1) is 13.3. The molecule has 0 bridgehead atoms. The first-order valence-corrected chi connectivity index (χ1v) is 8.11. The van der Waals surface area contributed by atoms with Crippen LogP contribution in [0.4, 0.5) is 18.3 Å². The number of carboxylic acid groups (broad SMARTS) is 1. The third-order valence-electron chi connectivity index (χ3n) is 2.74. The van der Waals surface area contributed by atoms with Gasteiger partial charge in [0.05, 0.1) is 0 Å². The van der Waals surface area contributed by atoms with E-state index in [1.807, 2.05) is 0 Å². The van der Waals surface area contributed by atoms with E-state index < -0.39 is 12.1 Å². The fourth-order valence-electron chi connectivity index (χ4n) is 1.59. The molecule has 0 spiro atoms. The SMILES string of the molecule is O=C(C[n+]1ccc(-c2ncccn2)cn1)Nc1nncs1.O=C([O-])C(F)(F)F. The first-order valence-electron chi connectivity index (χ1n) is 7.23. The standard InChI is InChI=1S/C12H9N7OS.C2HF3O2/c20-10(17-12-18-15-8-21-12)7-19-5-2-9(6-16-19)11-13-3-1-4-14-11;3-2(4,5)1(6)7/h1-6,8H,7H2;(H,6,7). The molecule has 1 amide bonds. The van der Waals surface area contributed by atoms with E-state index in [4.69, 9.17) is 9.90 Å². The third-order valence-corrected chi connectivity index (χ3v) is 3.35. The summed E-state index contributed by atoms with van der Waals surface area (Å²) >= 11 is 1.26. The molecule has 10 nitrogen and oxygen atoms in total. The molecule has 0 aliphatic heterocycles. The third kappa shape index (κ3) is 6.64. The molecule has 0 fully saturated rings. The predicted octanol–water partition coefficient (Wildman–Crippen LogP) is -0.385. The van der Waals surface area contributed by atoms with E-state index in [1.165, 1.54) is 16.0 Å². The van der Waals surface area contributed by atoms with Crippen LogP contribution in [0.1, 0.15) is 0 Å². The monoisotopic (exact) mass is 413 g/mol. The summed E-state index contributed by atoms with van der Waals surface area (Å²) in [6.45, 7) is 0.0928. The lowest BCUT2D eigenvalue weighted by molar-refractivity contribution is -0.742. The molecule has 0 atom stereocenters. The van der Waals surface area contributed by atoms with E-state index >= 15 is 0 Å². The number of alkyl halides is 3. The average Bonchev–Trinajstić information content (AvgIpc) is 3.15. The van der Waals surface area contributed by atoms with Gasteiger partial charge in [0.2, 0.25) is 5.13 Å². The van der Waals surface area contributed by atoms with Crippen molar-refractivity contribution in [2.45, 2.75) is 12.7 Å². The first kappa shape index (κ1) is 20.8. The minimum Gasteiger partial charge on any atom is -0.542 e. The Morgan fingerprint density at radius 3 is 2.43 bits per heavy atom. The zero-order chi connectivity index (χ0) is 20.6. The fraction of sp³-hybridized carbons (Fsp3) is 0.143. The van der Waals surface area contributed by atoms with Gasteiger partial charge in [-0.1, -0.05) is 16.0 Å². The van der Waals surface area contributed by atoms with Gasteiger partial charge in [-0.25, -0.2) is 9.97 Å². The number of carboxylic acids is 1. The van der Waals surface area contributed by atoms with Gasteiger partial charge in [-0.2, -0.15) is 13.2 Å². The second kappa shape index (κ2) is 9.40. The molecular weight excluding hydrogens is 403 g/mol. The summed E-state index contributed by atoms with van der Waals surface area (Å²) in [4.78, 5) is 28.8. The maximum atomic E-state index is 11.8. The van der Waals surface area contributed by atoms with Crippen LogP contribution in [0.15, 0.2) is 42.4 Å². The smallest absolute Gasteiger partial charge is 0.430 e. The summed E-state index contributed by atoms with van der Waals surface area (Å²) in [7, 11) is 0. The van der Waals surface area contributed by atoms with Crippen LogP contribution >= 0.6 is 11.3 Å². The number of nitrogens with one attached hydrogen (secondary N) is 1. The number of anilines is 1. The van der Waals surface area contributed by atoms with E-state index in [0.29, 0.717) is 11.0 Å². The molecule has 0 unspecified atom stereocenters. The zero-order valence-corrected chi connectivity index (χ0v) is 14.5. The van der Waals surface area contributed by atoms with Gasteiger partial charge in [0, 0.05) is 24.0 Å². The molecule has 1 N–H and O–H groups in total. The van der Waals surface area contributed by atoms with E-state index in [0.717, 1.165) is 5.56 Å². The van der Waals surface area contributed by atoms with Crippen molar-refractivity contribution < 1.29 is 32.5 Å². The van der Waals surface area contributed by atoms with Crippen LogP contribution in [-0.4, -0.2) is 43.3 Å². The van der Waals surface area contributed by atoms with Crippen molar-refractivity contribution in [2.24, 2.45) is 0 Å². The minimum atomic E-state index is -5.19. The van der Waals surface area contributed by atoms with Crippen molar-refractivity contribution in [3.63, 3.8) is 0 Å². The maximum absolute atomic E-state index is 11.8. The average molecular weight is 413 g/mol. The second-order valence-corrected chi connectivity index (χ2v) is 5.60. The fourth-order valence-corrected chi connectivity index (χ4v) is 2.05. The lowest BCUT2D eigenvalue weighted by atomic mass is 10.3. The highest BCUT2D eigenvalue weighted by Gasteiger charge is 2.28. The largest absolute Gasteiger partial charge is 0.542 e. The molecule has 0 aromatic carbocycles. The van der Waals surface area contributed by atoms with Crippen molar-refractivity contribution in [2.75, 3.05) is 5.32 Å². The van der Waals surface area contributed by atoms with Crippen LogP contribution in [0.5, 0.6) is 0 Å². The van der Waals surface area contributed by atoms with Crippen LogP contribution in [0.3, 0.4) is 0 Å². The number of aromatic nitrogens is 6. The molecule has 146 valence electrons. The Balaban J connectivity index is 0.000000345. The van der Waals surface area contributed by atoms with Gasteiger partial charge >= 0.3 is 6.18 Å². The summed E-state index contributed by atoms with van der Waals surface area (Å²) in [5.41, 5.74) is 2.34. The Morgan fingerprint density at radius 1 is 1.25 bits per heavy atom. The Labute approximate surface area is 158 Å². The summed E-state index contributed by atoms with van der Waals surface area (Å²) in [6, 6.07) is 3.55. The Bertz CT molecular complexity index is 906. The normalized spacial score (nSPS) is 10.5. The number of nitrogens with zero attached hydrogens (tertiary/aromatic N) is 6. The van der Waals surface area contributed by atoms with Crippen LogP contribution in [0.25, 0.3) is 11.4 Å². The highest BCUT2D eigenvalue weighted by Crippen LogP contribution is 2.11.